The molecule has 1 aromatic heterocycles. The van der Waals surface area contributed by atoms with E-state index in [4.69, 9.17) is 0 Å². The van der Waals surface area contributed by atoms with E-state index < -0.39 is 11.5 Å². The van der Waals surface area contributed by atoms with Gasteiger partial charge in [-0.2, -0.15) is 0 Å². The molecular formula is C8H7NO4. The van der Waals surface area contributed by atoms with Crippen LogP contribution in [0.3, 0.4) is 0 Å². The molecule has 1 aromatic rings. The highest BCUT2D eigenvalue weighted by Gasteiger charge is 2.07. The Hall–Kier alpha value is -1.91. The molecule has 0 spiro atoms. The minimum Gasteiger partial charge on any atom is -0.464 e. The van der Waals surface area contributed by atoms with Crippen LogP contribution in [0.15, 0.2) is 16.9 Å². The first-order valence-electron chi connectivity index (χ1n) is 3.45. The van der Waals surface area contributed by atoms with Gasteiger partial charge in [-0.1, -0.05) is 0 Å². The lowest BCUT2D eigenvalue weighted by Crippen LogP contribution is -2.14. The van der Waals surface area contributed by atoms with E-state index in [0.717, 1.165) is 6.07 Å². The predicted octanol–water partition coefficient (Wildman–Crippen LogP) is -0.0260. The Morgan fingerprint density at radius 2 is 2.23 bits per heavy atom. The lowest BCUT2D eigenvalue weighted by Gasteiger charge is -1.98. The van der Waals surface area contributed by atoms with Crippen LogP contribution in [0.1, 0.15) is 20.8 Å². The van der Waals surface area contributed by atoms with Crippen molar-refractivity contribution in [2.45, 2.75) is 0 Å². The van der Waals surface area contributed by atoms with Crippen LogP contribution in [0.25, 0.3) is 0 Å². The minimum atomic E-state index is -0.680. The third-order valence-corrected chi connectivity index (χ3v) is 1.41. The second-order valence-corrected chi connectivity index (χ2v) is 2.30. The second kappa shape index (κ2) is 3.66. The van der Waals surface area contributed by atoms with Gasteiger partial charge in [0.25, 0.3) is 0 Å². The van der Waals surface area contributed by atoms with Crippen molar-refractivity contribution in [3.63, 3.8) is 0 Å². The number of hydrogen-bond acceptors (Lipinski definition) is 4. The van der Waals surface area contributed by atoms with Crippen LogP contribution >= 0.6 is 0 Å². The quantitative estimate of drug-likeness (QED) is 0.513. The number of aromatic amines is 1. The number of nitrogens with one attached hydrogen (secondary N) is 1. The molecule has 0 amide bonds. The molecule has 13 heavy (non-hydrogen) atoms. The zero-order chi connectivity index (χ0) is 9.84. The third-order valence-electron chi connectivity index (χ3n) is 1.41. The first-order valence-corrected chi connectivity index (χ1v) is 3.45. The van der Waals surface area contributed by atoms with Crippen molar-refractivity contribution in [3.05, 3.63) is 33.7 Å². The summed E-state index contributed by atoms with van der Waals surface area (Å²) in [5.41, 5.74) is -0.397. The van der Waals surface area contributed by atoms with Gasteiger partial charge in [0.1, 0.15) is 12.0 Å². The van der Waals surface area contributed by atoms with Crippen LogP contribution in [0, 0.1) is 0 Å². The highest BCUT2D eigenvalue weighted by Crippen LogP contribution is 1.97. The van der Waals surface area contributed by atoms with Crippen LogP contribution in [-0.4, -0.2) is 24.3 Å². The summed E-state index contributed by atoms with van der Waals surface area (Å²) in [5, 5.41) is 0. The number of carbonyl (C=O) groups is 2. The predicted molar refractivity (Wildman–Crippen MR) is 43.8 cm³/mol. The topological polar surface area (TPSA) is 76.2 Å². The van der Waals surface area contributed by atoms with Gasteiger partial charge in [0.15, 0.2) is 0 Å². The monoisotopic (exact) mass is 181 g/mol. The van der Waals surface area contributed by atoms with Crippen LogP contribution < -0.4 is 5.56 Å². The molecule has 1 heterocycles. The van der Waals surface area contributed by atoms with Gasteiger partial charge in [-0.25, -0.2) is 4.79 Å². The molecule has 68 valence electrons. The highest BCUT2D eigenvalue weighted by atomic mass is 16.5. The molecule has 0 aliphatic rings. The molecule has 0 bridgehead atoms. The zero-order valence-electron chi connectivity index (χ0n) is 6.87. The molecule has 0 aliphatic heterocycles. The van der Waals surface area contributed by atoms with Crippen molar-refractivity contribution in [1.82, 2.24) is 4.98 Å². The number of rotatable bonds is 2. The van der Waals surface area contributed by atoms with E-state index in [2.05, 4.69) is 9.72 Å². The average Bonchev–Trinajstić information content (AvgIpc) is 2.15. The summed E-state index contributed by atoms with van der Waals surface area (Å²) in [4.78, 5) is 34.4. The summed E-state index contributed by atoms with van der Waals surface area (Å²) >= 11 is 0. The van der Waals surface area contributed by atoms with Gasteiger partial charge in [-0.05, 0) is 6.07 Å². The second-order valence-electron chi connectivity index (χ2n) is 2.30. The third kappa shape index (κ3) is 2.02. The number of esters is 1. The Balaban J connectivity index is 3.23. The molecule has 1 N–H and O–H groups in total. The van der Waals surface area contributed by atoms with E-state index in [0.29, 0.717) is 6.29 Å². The maximum atomic E-state index is 10.9. The van der Waals surface area contributed by atoms with Gasteiger partial charge in [0.05, 0.1) is 7.11 Å². The Morgan fingerprint density at radius 1 is 1.54 bits per heavy atom. The molecule has 0 unspecified atom stereocenters. The fraction of sp³-hybridized carbons (Fsp3) is 0.125. The molecule has 0 aromatic carbocycles. The van der Waals surface area contributed by atoms with Crippen LogP contribution in [-0.2, 0) is 4.74 Å². The van der Waals surface area contributed by atoms with E-state index in [1.165, 1.54) is 13.2 Å². The molecule has 5 heteroatoms. The summed E-state index contributed by atoms with van der Waals surface area (Å²) < 4.78 is 4.37. The lowest BCUT2D eigenvalue weighted by molar-refractivity contribution is 0.0593. The molecule has 0 fully saturated rings. The van der Waals surface area contributed by atoms with Crippen LogP contribution in [0.4, 0.5) is 0 Å². The highest BCUT2D eigenvalue weighted by molar-refractivity contribution is 5.89. The Kier molecular flexibility index (Phi) is 2.59. The van der Waals surface area contributed by atoms with Crippen molar-refractivity contribution >= 4 is 12.3 Å². The number of aromatic nitrogens is 1. The van der Waals surface area contributed by atoms with Gasteiger partial charge in [0.2, 0.25) is 5.56 Å². The molecule has 1 rings (SSSR count). The van der Waals surface area contributed by atoms with Gasteiger partial charge in [0, 0.05) is 11.6 Å². The lowest BCUT2D eigenvalue weighted by atomic mass is 10.2. The summed E-state index contributed by atoms with van der Waals surface area (Å²) in [7, 11) is 1.19. The molecule has 0 radical (unpaired) electrons. The van der Waals surface area contributed by atoms with Gasteiger partial charge >= 0.3 is 5.97 Å². The van der Waals surface area contributed by atoms with Gasteiger partial charge in [-0.15, -0.1) is 0 Å². The number of aldehydes is 1. The molecular weight excluding hydrogens is 174 g/mol. The Morgan fingerprint density at radius 3 is 2.77 bits per heavy atom. The maximum Gasteiger partial charge on any atom is 0.354 e. The van der Waals surface area contributed by atoms with E-state index in [1.54, 1.807) is 0 Å². The molecule has 5 nitrogen and oxygen atoms in total. The van der Waals surface area contributed by atoms with Gasteiger partial charge < -0.3 is 9.72 Å². The molecule has 0 atom stereocenters. The number of H-pyrrole nitrogens is 1. The van der Waals surface area contributed by atoms with Crippen molar-refractivity contribution in [2.24, 2.45) is 0 Å². The standard InChI is InChI=1S/C8H7NO4/c1-13-8(12)6-2-5(4-10)3-7(11)9-6/h2-4H,1H3,(H,9,11). The van der Waals surface area contributed by atoms with E-state index in [9.17, 15) is 14.4 Å². The summed E-state index contributed by atoms with van der Waals surface area (Å²) in [6.45, 7) is 0. The largest absolute Gasteiger partial charge is 0.464 e. The average molecular weight is 181 g/mol. The van der Waals surface area contributed by atoms with Crippen molar-refractivity contribution in [3.8, 4) is 0 Å². The van der Waals surface area contributed by atoms with E-state index in [1.807, 2.05) is 0 Å². The molecule has 0 aliphatic carbocycles. The zero-order valence-corrected chi connectivity index (χ0v) is 6.87. The van der Waals surface area contributed by atoms with Crippen molar-refractivity contribution < 1.29 is 14.3 Å². The number of ether oxygens (including phenoxy) is 1. The smallest absolute Gasteiger partial charge is 0.354 e. The molecule has 0 saturated carbocycles. The summed E-state index contributed by atoms with van der Waals surface area (Å²) in [6.07, 6.45) is 0.488. The fourth-order valence-electron chi connectivity index (χ4n) is 0.853. The number of hydrogen-bond donors (Lipinski definition) is 1. The SMILES string of the molecule is COC(=O)c1cc(C=O)cc(=O)[nH]1. The van der Waals surface area contributed by atoms with E-state index in [-0.39, 0.29) is 11.3 Å². The summed E-state index contributed by atoms with van der Waals surface area (Å²) in [6, 6.07) is 2.35. The van der Waals surface area contributed by atoms with E-state index >= 15 is 0 Å². The number of methoxy groups -OCH3 is 1. The van der Waals surface area contributed by atoms with Gasteiger partial charge in [-0.3, -0.25) is 9.59 Å². The van der Waals surface area contributed by atoms with Crippen molar-refractivity contribution in [1.29, 1.82) is 0 Å². The van der Waals surface area contributed by atoms with Crippen LogP contribution in [0.2, 0.25) is 0 Å². The Labute approximate surface area is 73.3 Å². The Bertz CT molecular complexity index is 393. The minimum absolute atomic E-state index is 0.0305. The number of carbonyl (C=O) groups excluding carboxylic acids is 2. The number of pyridine rings is 1. The maximum absolute atomic E-state index is 10.9. The first-order chi connectivity index (χ1) is 6.17. The van der Waals surface area contributed by atoms with Crippen molar-refractivity contribution in [2.75, 3.05) is 7.11 Å². The fourth-order valence-corrected chi connectivity index (χ4v) is 0.853. The van der Waals surface area contributed by atoms with Crippen LogP contribution in [0.5, 0.6) is 0 Å². The molecule has 0 saturated heterocycles. The summed E-state index contributed by atoms with van der Waals surface area (Å²) in [5.74, 6) is -0.680. The first kappa shape index (κ1) is 9.18. The normalized spacial score (nSPS) is 9.31.